The zero-order chi connectivity index (χ0) is 41.6. The molecule has 8 aromatic carbocycles. The van der Waals surface area contributed by atoms with Crippen LogP contribution < -0.4 is 42.4 Å². The lowest BCUT2D eigenvalue weighted by molar-refractivity contribution is 0.483. The number of benzene rings is 8. The van der Waals surface area contributed by atoms with Crippen molar-refractivity contribution >= 4 is 107 Å². The van der Waals surface area contributed by atoms with Crippen molar-refractivity contribution in [1.29, 1.82) is 0 Å². The average molecular weight is 796 g/mol. The molecule has 0 aliphatic carbocycles. The van der Waals surface area contributed by atoms with Gasteiger partial charge in [-0.1, -0.05) is 139 Å². The Morgan fingerprint density at radius 2 is 0.919 bits per heavy atom. The van der Waals surface area contributed by atoms with Gasteiger partial charge in [0.2, 0.25) is 0 Å². The fraction of sp³-hybridized carbons (Fsp3) is 0.143. The van der Waals surface area contributed by atoms with E-state index in [1.807, 2.05) is 0 Å². The van der Waals surface area contributed by atoms with E-state index in [2.05, 4.69) is 207 Å². The number of aromatic nitrogens is 2. The number of nitrogens with zero attached hydrogens (tertiary/aromatic N) is 3. The zero-order valence-electron chi connectivity index (χ0n) is 35.8. The van der Waals surface area contributed by atoms with E-state index in [4.69, 9.17) is 4.74 Å². The minimum atomic E-state index is -0.0850. The first kappa shape index (κ1) is 34.8. The largest absolute Gasteiger partial charge is 0.458 e. The fourth-order valence-corrected chi connectivity index (χ4v) is 11.8. The number of rotatable bonds is 1. The highest BCUT2D eigenvalue weighted by Gasteiger charge is 2.47. The Morgan fingerprint density at radius 1 is 0.403 bits per heavy atom. The van der Waals surface area contributed by atoms with Crippen molar-refractivity contribution in [2.45, 2.75) is 52.4 Å². The van der Waals surface area contributed by atoms with Gasteiger partial charge >= 0.3 is 0 Å². The minimum absolute atomic E-state index is 0.00441. The van der Waals surface area contributed by atoms with Crippen LogP contribution in [0.2, 0.25) is 0 Å². The Bertz CT molecular complexity index is 3660. The summed E-state index contributed by atoms with van der Waals surface area (Å²) in [6.07, 6.45) is 0. The van der Waals surface area contributed by atoms with Gasteiger partial charge in [0.05, 0.1) is 11.0 Å². The first-order valence-electron chi connectivity index (χ1n) is 22.2. The molecule has 0 saturated carbocycles. The predicted molar refractivity (Wildman–Crippen MR) is 263 cm³/mol. The topological polar surface area (TPSA) is 22.3 Å². The molecular weight excluding hydrogens is 752 g/mol. The highest BCUT2D eigenvalue weighted by atomic mass is 16.5. The van der Waals surface area contributed by atoms with Gasteiger partial charge in [-0.25, -0.2) is 0 Å². The molecule has 10 aromatic rings. The van der Waals surface area contributed by atoms with E-state index in [1.54, 1.807) is 0 Å². The standard InChI is InChI=1S/C56H43B2N3O/c1-55(2,3)32-26-46-51-47(27-32)60-43-24-12-10-18-35(43)37-20-14-22-39(53(37)60)57(51)41-30-42-49(31-45(41)59(46)34-16-8-7-9-17-34)62-50-29-33(56(4,5)6)28-48-52(50)58(42)40-23-15-21-38-36-19-11-13-25-44(36)61(48)54(38)40/h7-31H,1-6H3. The molecule has 4 aliphatic heterocycles. The molecule has 6 heteroatoms. The molecule has 0 N–H and O–H groups in total. The normalized spacial score (nSPS) is 14.3. The molecule has 0 saturated heterocycles. The van der Waals surface area contributed by atoms with Crippen LogP contribution in [0.25, 0.3) is 55.0 Å². The Morgan fingerprint density at radius 3 is 1.53 bits per heavy atom. The highest BCUT2D eigenvalue weighted by Crippen LogP contribution is 2.46. The van der Waals surface area contributed by atoms with Crippen molar-refractivity contribution in [2.24, 2.45) is 0 Å². The van der Waals surface area contributed by atoms with E-state index in [1.165, 1.54) is 110 Å². The van der Waals surface area contributed by atoms with Crippen molar-refractivity contribution in [2.75, 3.05) is 4.90 Å². The molecule has 2 aromatic heterocycles. The summed E-state index contributed by atoms with van der Waals surface area (Å²) in [6, 6.07) is 57.5. The molecule has 0 unspecified atom stereocenters. The molecule has 0 atom stereocenters. The molecule has 0 amide bonds. The summed E-state index contributed by atoms with van der Waals surface area (Å²) in [5.41, 5.74) is 21.4. The maximum absolute atomic E-state index is 7.39. The van der Waals surface area contributed by atoms with Crippen molar-refractivity contribution in [3.05, 3.63) is 163 Å². The third kappa shape index (κ3) is 4.30. The Balaban J connectivity index is 1.13. The summed E-state index contributed by atoms with van der Waals surface area (Å²) in [6.45, 7) is 14.0. The second-order valence-electron chi connectivity index (χ2n) is 20.1. The highest BCUT2D eigenvalue weighted by molar-refractivity contribution is 7.02. The van der Waals surface area contributed by atoms with E-state index in [0.717, 1.165) is 17.2 Å². The van der Waals surface area contributed by atoms with E-state index in [9.17, 15) is 0 Å². The zero-order valence-corrected chi connectivity index (χ0v) is 35.8. The van der Waals surface area contributed by atoms with Gasteiger partial charge in [0.15, 0.2) is 0 Å². The van der Waals surface area contributed by atoms with E-state index in [0.29, 0.717) is 0 Å². The first-order valence-corrected chi connectivity index (χ1v) is 22.2. The molecule has 0 radical (unpaired) electrons. The van der Waals surface area contributed by atoms with Gasteiger partial charge in [-0.15, -0.1) is 0 Å². The summed E-state index contributed by atoms with van der Waals surface area (Å²) in [7, 11) is 0. The summed E-state index contributed by atoms with van der Waals surface area (Å²) in [4.78, 5) is 2.53. The fourth-order valence-electron chi connectivity index (χ4n) is 11.8. The van der Waals surface area contributed by atoms with Crippen LogP contribution in [0.1, 0.15) is 52.7 Å². The molecule has 6 heterocycles. The third-order valence-electron chi connectivity index (χ3n) is 14.6. The number of para-hydroxylation sites is 5. The van der Waals surface area contributed by atoms with Gasteiger partial charge in [-0.2, -0.15) is 0 Å². The summed E-state index contributed by atoms with van der Waals surface area (Å²) >= 11 is 0. The Labute approximate surface area is 362 Å². The van der Waals surface area contributed by atoms with Crippen LogP contribution in [0.3, 0.4) is 0 Å². The minimum Gasteiger partial charge on any atom is -0.458 e. The lowest BCUT2D eigenvalue weighted by Crippen LogP contribution is -2.63. The van der Waals surface area contributed by atoms with Gasteiger partial charge in [0.1, 0.15) is 11.5 Å². The van der Waals surface area contributed by atoms with Crippen molar-refractivity contribution in [3.63, 3.8) is 0 Å². The van der Waals surface area contributed by atoms with Gasteiger partial charge in [0.25, 0.3) is 13.4 Å². The van der Waals surface area contributed by atoms with Gasteiger partial charge in [-0.3, -0.25) is 0 Å². The molecular formula is C56H43B2N3O. The summed E-state index contributed by atoms with van der Waals surface area (Å²) in [5, 5.41) is 5.18. The summed E-state index contributed by atoms with van der Waals surface area (Å²) < 4.78 is 12.5. The monoisotopic (exact) mass is 795 g/mol. The Hall–Kier alpha value is -6.91. The lowest BCUT2D eigenvalue weighted by Gasteiger charge is -2.43. The van der Waals surface area contributed by atoms with Crippen LogP contribution in [0.5, 0.6) is 11.5 Å². The Kier molecular flexibility index (Phi) is 6.45. The number of ether oxygens (including phenoxy) is 1. The summed E-state index contributed by atoms with van der Waals surface area (Å²) in [5.74, 6) is 1.89. The van der Waals surface area contributed by atoms with E-state index < -0.39 is 0 Å². The third-order valence-corrected chi connectivity index (χ3v) is 14.6. The van der Waals surface area contributed by atoms with Crippen LogP contribution in [0.15, 0.2) is 152 Å². The number of hydrogen-bond donors (Lipinski definition) is 0. The second kappa shape index (κ2) is 11.5. The van der Waals surface area contributed by atoms with Crippen molar-refractivity contribution < 1.29 is 4.74 Å². The number of hydrogen-bond acceptors (Lipinski definition) is 2. The number of fused-ring (bicyclic) bond motifs is 14. The van der Waals surface area contributed by atoms with Crippen LogP contribution in [-0.2, 0) is 10.8 Å². The number of anilines is 3. The van der Waals surface area contributed by atoms with Crippen LogP contribution >= 0.6 is 0 Å². The van der Waals surface area contributed by atoms with Gasteiger partial charge < -0.3 is 18.8 Å². The van der Waals surface area contributed by atoms with Gasteiger partial charge in [-0.05, 0) is 103 Å². The van der Waals surface area contributed by atoms with Crippen molar-refractivity contribution in [3.8, 4) is 22.9 Å². The quantitative estimate of drug-likeness (QED) is 0.155. The van der Waals surface area contributed by atoms with Crippen LogP contribution in [-0.4, -0.2) is 22.6 Å². The maximum atomic E-state index is 7.39. The molecule has 14 rings (SSSR count). The predicted octanol–water partition coefficient (Wildman–Crippen LogP) is 10.0. The van der Waals surface area contributed by atoms with Crippen LogP contribution in [0.4, 0.5) is 17.1 Å². The van der Waals surface area contributed by atoms with Gasteiger partial charge in [0, 0.05) is 67.1 Å². The molecule has 0 bridgehead atoms. The molecule has 4 nitrogen and oxygen atoms in total. The van der Waals surface area contributed by atoms with Crippen LogP contribution in [0, 0.1) is 0 Å². The molecule has 0 spiro atoms. The molecule has 0 fully saturated rings. The lowest BCUT2D eigenvalue weighted by atomic mass is 9.31. The average Bonchev–Trinajstić information content (AvgIpc) is 3.80. The van der Waals surface area contributed by atoms with E-state index >= 15 is 0 Å². The smallest absolute Gasteiger partial charge is 0.256 e. The SMILES string of the molecule is CC(C)(C)c1cc2c3c(c1)-n1c4ccccc4c4cccc(c41)B3c1cc3c(cc1O2)N(c1ccccc1)c1cc(C(C)(C)C)cc2c1B3c1cccc3c4ccccc4n-2c13. The second-order valence-corrected chi connectivity index (χ2v) is 20.1. The first-order chi connectivity index (χ1) is 30.0. The maximum Gasteiger partial charge on any atom is 0.256 e. The van der Waals surface area contributed by atoms with Crippen molar-refractivity contribution in [1.82, 2.24) is 9.13 Å². The molecule has 4 aliphatic rings. The van der Waals surface area contributed by atoms with E-state index in [-0.39, 0.29) is 24.3 Å². The molecule has 62 heavy (non-hydrogen) atoms. The molecule has 294 valence electrons.